The number of nitrogens with zero attached hydrogens (tertiary/aromatic N) is 4. The number of hydrogen-bond acceptors (Lipinski definition) is 4. The first-order valence-electron chi connectivity index (χ1n) is 10.1. The van der Waals surface area contributed by atoms with Crippen molar-refractivity contribution in [1.82, 2.24) is 24.7 Å². The van der Waals surface area contributed by atoms with E-state index in [1.165, 1.54) is 6.07 Å². The summed E-state index contributed by atoms with van der Waals surface area (Å²) in [5.41, 5.74) is 3.32. The van der Waals surface area contributed by atoms with Gasteiger partial charge in [0.05, 0.1) is 28.0 Å². The first-order valence-corrected chi connectivity index (χ1v) is 10.5. The fourth-order valence-corrected chi connectivity index (χ4v) is 3.98. The zero-order valence-electron chi connectivity index (χ0n) is 18.4. The Morgan fingerprint density at radius 3 is 2.48 bits per heavy atom. The van der Waals surface area contributed by atoms with Crippen LogP contribution in [0.15, 0.2) is 30.3 Å². The third-order valence-electron chi connectivity index (χ3n) is 4.86. The molecule has 0 atom stereocenters. The topological polar surface area (TPSA) is 68.6 Å². The average molecular weight is 442 g/mol. The molecule has 0 amide bonds. The lowest BCUT2D eigenvalue weighted by molar-refractivity contribution is 0.236. The maximum Gasteiger partial charge on any atom is 0.243 e. The molecule has 0 spiro atoms. The Morgan fingerprint density at radius 1 is 1.16 bits per heavy atom. The van der Waals surface area contributed by atoms with Crippen LogP contribution in [0, 0.1) is 5.82 Å². The van der Waals surface area contributed by atoms with Crippen molar-refractivity contribution < 1.29 is 9.13 Å². The van der Waals surface area contributed by atoms with E-state index in [9.17, 15) is 4.39 Å². The summed E-state index contributed by atoms with van der Waals surface area (Å²) in [5.74, 6) is 0.531. The van der Waals surface area contributed by atoms with Gasteiger partial charge in [-0.25, -0.2) is 14.4 Å². The van der Waals surface area contributed by atoms with Gasteiger partial charge in [-0.1, -0.05) is 44.5 Å². The van der Waals surface area contributed by atoms with Crippen LogP contribution in [0.3, 0.4) is 0 Å². The molecule has 0 saturated carbocycles. The van der Waals surface area contributed by atoms with Gasteiger partial charge >= 0.3 is 0 Å². The highest BCUT2D eigenvalue weighted by molar-refractivity contribution is 6.33. The van der Waals surface area contributed by atoms with E-state index in [0.717, 1.165) is 5.69 Å². The Kier molecular flexibility index (Phi) is 5.25. The zero-order chi connectivity index (χ0) is 22.5. The third kappa shape index (κ3) is 3.90. The molecular weight excluding hydrogens is 417 g/mol. The maximum atomic E-state index is 14.4. The lowest BCUT2D eigenvalue weighted by Crippen LogP contribution is -2.12. The first-order chi connectivity index (χ1) is 14.6. The van der Waals surface area contributed by atoms with E-state index in [2.05, 4.69) is 35.8 Å². The van der Waals surface area contributed by atoms with Crippen LogP contribution in [0.4, 0.5) is 4.39 Å². The molecule has 1 N–H and O–H groups in total. The summed E-state index contributed by atoms with van der Waals surface area (Å²) < 4.78 is 22.1. The number of nitrogens with one attached hydrogen (secondary N) is 1. The molecule has 3 heterocycles. The molecule has 0 aliphatic carbocycles. The van der Waals surface area contributed by atoms with Crippen LogP contribution in [-0.2, 0) is 12.5 Å². The third-order valence-corrected chi connectivity index (χ3v) is 5.22. The molecule has 0 unspecified atom stereocenters. The van der Waals surface area contributed by atoms with Gasteiger partial charge in [0.1, 0.15) is 11.5 Å². The van der Waals surface area contributed by atoms with E-state index in [1.54, 1.807) is 28.9 Å². The predicted octanol–water partition coefficient (Wildman–Crippen LogP) is 5.90. The number of pyridine rings is 1. The highest BCUT2D eigenvalue weighted by atomic mass is 35.5. The van der Waals surface area contributed by atoms with Crippen molar-refractivity contribution in [3.63, 3.8) is 0 Å². The van der Waals surface area contributed by atoms with Crippen molar-refractivity contribution in [2.75, 3.05) is 0 Å². The molecule has 0 fully saturated rings. The van der Waals surface area contributed by atoms with Crippen LogP contribution in [0.5, 0.6) is 5.88 Å². The highest BCUT2D eigenvalue weighted by Gasteiger charge is 2.27. The normalized spacial score (nSPS) is 12.2. The second kappa shape index (κ2) is 7.64. The van der Waals surface area contributed by atoms with E-state index in [-0.39, 0.29) is 17.3 Å². The van der Waals surface area contributed by atoms with Gasteiger partial charge in [0, 0.05) is 18.0 Å². The molecule has 3 aromatic heterocycles. The molecular formula is C23H25ClFN5O. The van der Waals surface area contributed by atoms with Crippen molar-refractivity contribution in [1.29, 1.82) is 0 Å². The molecule has 0 bridgehead atoms. The number of aromatic nitrogens is 5. The summed E-state index contributed by atoms with van der Waals surface area (Å²) in [6.07, 6.45) is -0.125. The summed E-state index contributed by atoms with van der Waals surface area (Å²) in [7, 11) is 1.83. The van der Waals surface area contributed by atoms with Gasteiger partial charge in [-0.2, -0.15) is 5.10 Å². The fourth-order valence-electron chi connectivity index (χ4n) is 3.44. The molecule has 4 aromatic rings. The molecule has 31 heavy (non-hydrogen) atoms. The van der Waals surface area contributed by atoms with Gasteiger partial charge in [-0.3, -0.25) is 4.68 Å². The monoisotopic (exact) mass is 441 g/mol. The minimum absolute atomic E-state index is 0.125. The number of aryl methyl sites for hydroxylation is 1. The minimum atomic E-state index is -0.353. The van der Waals surface area contributed by atoms with Crippen LogP contribution >= 0.6 is 11.6 Å². The van der Waals surface area contributed by atoms with Crippen LogP contribution in [0.2, 0.25) is 5.02 Å². The van der Waals surface area contributed by atoms with Crippen molar-refractivity contribution in [3.8, 4) is 28.7 Å². The van der Waals surface area contributed by atoms with E-state index in [1.807, 2.05) is 20.9 Å². The summed E-state index contributed by atoms with van der Waals surface area (Å²) in [6.45, 7) is 9.99. The van der Waals surface area contributed by atoms with Crippen molar-refractivity contribution in [2.24, 2.45) is 7.05 Å². The van der Waals surface area contributed by atoms with Gasteiger partial charge in [-0.05, 0) is 32.0 Å². The SMILES string of the molecule is CC(C)Oc1nc(-c2ccccc2F)cc2[nH]c(-c3c(Cl)c(C(C)(C)C)nn3C)nc12. The van der Waals surface area contributed by atoms with E-state index < -0.39 is 0 Å². The average Bonchev–Trinajstić information content (AvgIpc) is 3.21. The van der Waals surface area contributed by atoms with Crippen LogP contribution in [0.1, 0.15) is 40.3 Å². The number of H-pyrrole nitrogens is 1. The van der Waals surface area contributed by atoms with Crippen molar-refractivity contribution in [2.45, 2.75) is 46.1 Å². The number of fused-ring (bicyclic) bond motifs is 1. The molecule has 1 aromatic carbocycles. The number of hydrogen-bond donors (Lipinski definition) is 1. The fraction of sp³-hybridized carbons (Fsp3) is 0.348. The molecule has 4 rings (SSSR count). The highest BCUT2D eigenvalue weighted by Crippen LogP contribution is 2.37. The van der Waals surface area contributed by atoms with Gasteiger partial charge < -0.3 is 9.72 Å². The van der Waals surface area contributed by atoms with E-state index >= 15 is 0 Å². The number of imidazole rings is 1. The van der Waals surface area contributed by atoms with Gasteiger partial charge in [-0.15, -0.1) is 0 Å². The second-order valence-electron chi connectivity index (χ2n) is 8.83. The molecule has 0 aliphatic rings. The summed E-state index contributed by atoms with van der Waals surface area (Å²) in [6, 6.07) is 8.29. The Hall–Kier alpha value is -2.93. The Balaban J connectivity index is 1.93. The largest absolute Gasteiger partial charge is 0.473 e. The number of halogens is 2. The van der Waals surface area contributed by atoms with Gasteiger partial charge in [0.15, 0.2) is 11.3 Å². The quantitative estimate of drug-likeness (QED) is 0.428. The number of benzene rings is 1. The zero-order valence-corrected chi connectivity index (χ0v) is 19.2. The lowest BCUT2D eigenvalue weighted by atomic mass is 9.92. The second-order valence-corrected chi connectivity index (χ2v) is 9.20. The molecule has 0 radical (unpaired) electrons. The minimum Gasteiger partial charge on any atom is -0.473 e. The molecule has 0 saturated heterocycles. The maximum absolute atomic E-state index is 14.4. The summed E-state index contributed by atoms with van der Waals surface area (Å²) in [4.78, 5) is 12.6. The van der Waals surface area contributed by atoms with Crippen LogP contribution < -0.4 is 4.74 Å². The number of aromatic amines is 1. The Morgan fingerprint density at radius 2 is 1.87 bits per heavy atom. The first kappa shape index (κ1) is 21.3. The smallest absolute Gasteiger partial charge is 0.243 e. The molecule has 0 aliphatic heterocycles. The van der Waals surface area contributed by atoms with Crippen molar-refractivity contribution in [3.05, 3.63) is 46.9 Å². The van der Waals surface area contributed by atoms with Crippen LogP contribution in [-0.4, -0.2) is 30.8 Å². The molecule has 8 heteroatoms. The van der Waals surface area contributed by atoms with Crippen molar-refractivity contribution >= 4 is 22.6 Å². The lowest BCUT2D eigenvalue weighted by Gasteiger charge is -2.15. The molecule has 6 nitrogen and oxygen atoms in total. The van der Waals surface area contributed by atoms with E-state index in [0.29, 0.717) is 44.7 Å². The van der Waals surface area contributed by atoms with Gasteiger partial charge in [0.2, 0.25) is 5.88 Å². The Labute approximate surface area is 185 Å². The predicted molar refractivity (Wildman–Crippen MR) is 121 cm³/mol. The standard InChI is InChI=1S/C23H25ClFN5O/c1-12(2)31-22-18-16(11-15(27-22)13-9-7-8-10-14(13)25)26-21(28-18)19-17(24)20(23(3,4)5)29-30(19)6/h7-12H,1-6H3,(H,26,28). The summed E-state index contributed by atoms with van der Waals surface area (Å²) >= 11 is 6.71. The van der Waals surface area contributed by atoms with Gasteiger partial charge in [0.25, 0.3) is 0 Å². The van der Waals surface area contributed by atoms with Crippen LogP contribution in [0.25, 0.3) is 33.8 Å². The number of ether oxygens (including phenoxy) is 1. The molecule has 162 valence electrons. The summed E-state index contributed by atoms with van der Waals surface area (Å²) in [5, 5.41) is 5.15. The van der Waals surface area contributed by atoms with E-state index in [4.69, 9.17) is 21.3 Å². The Bertz CT molecular complexity index is 1270. The number of rotatable bonds is 4.